The molecule has 6 nitrogen and oxygen atoms in total. The SMILES string of the molecule is Cc1cc(-c2ccc(C)c(S(=O)(=O)CCC(=O)N3CCc4ccccc4C3)c2)on1. The Hall–Kier alpha value is -2.93. The van der Waals surface area contributed by atoms with Crippen LogP contribution in [0.2, 0.25) is 0 Å². The van der Waals surface area contributed by atoms with Gasteiger partial charge in [0.05, 0.1) is 16.3 Å². The molecule has 4 rings (SSSR count). The largest absolute Gasteiger partial charge is 0.356 e. The van der Waals surface area contributed by atoms with Crippen LogP contribution in [0, 0.1) is 13.8 Å². The summed E-state index contributed by atoms with van der Waals surface area (Å²) in [6.07, 6.45) is 0.766. The molecule has 1 aliphatic heterocycles. The predicted octanol–water partition coefficient (Wildman–Crippen LogP) is 3.71. The molecule has 156 valence electrons. The van der Waals surface area contributed by atoms with E-state index >= 15 is 0 Å². The van der Waals surface area contributed by atoms with Gasteiger partial charge in [0.1, 0.15) is 0 Å². The lowest BCUT2D eigenvalue weighted by Crippen LogP contribution is -2.36. The molecule has 0 N–H and O–H groups in total. The Labute approximate surface area is 176 Å². The monoisotopic (exact) mass is 424 g/mol. The molecule has 7 heteroatoms. The van der Waals surface area contributed by atoms with Crippen molar-refractivity contribution < 1.29 is 17.7 Å². The third kappa shape index (κ3) is 4.16. The van der Waals surface area contributed by atoms with Crippen LogP contribution in [-0.4, -0.2) is 36.7 Å². The first-order valence-corrected chi connectivity index (χ1v) is 11.6. The van der Waals surface area contributed by atoms with Crippen molar-refractivity contribution in [2.75, 3.05) is 12.3 Å². The van der Waals surface area contributed by atoms with Gasteiger partial charge >= 0.3 is 0 Å². The van der Waals surface area contributed by atoms with Crippen molar-refractivity contribution in [3.05, 3.63) is 70.9 Å². The third-order valence-corrected chi connectivity index (χ3v) is 7.36. The number of hydrogen-bond acceptors (Lipinski definition) is 5. The van der Waals surface area contributed by atoms with Crippen LogP contribution < -0.4 is 0 Å². The molecule has 1 amide bonds. The molecule has 0 spiro atoms. The van der Waals surface area contributed by atoms with Gasteiger partial charge < -0.3 is 9.42 Å². The highest BCUT2D eigenvalue weighted by atomic mass is 32.2. The Morgan fingerprint density at radius 2 is 1.87 bits per heavy atom. The van der Waals surface area contributed by atoms with E-state index in [1.807, 2.05) is 31.2 Å². The number of aromatic nitrogens is 1. The molecule has 1 aromatic heterocycles. The third-order valence-electron chi connectivity index (χ3n) is 5.50. The summed E-state index contributed by atoms with van der Waals surface area (Å²) < 4.78 is 31.3. The molecule has 0 radical (unpaired) electrons. The Balaban J connectivity index is 1.48. The second-order valence-corrected chi connectivity index (χ2v) is 9.79. The molecule has 1 aliphatic rings. The fourth-order valence-corrected chi connectivity index (χ4v) is 5.31. The zero-order chi connectivity index (χ0) is 21.3. The molecule has 3 aromatic rings. The van der Waals surface area contributed by atoms with Gasteiger partial charge in [-0.3, -0.25) is 4.79 Å². The van der Waals surface area contributed by atoms with E-state index in [9.17, 15) is 13.2 Å². The minimum atomic E-state index is -3.62. The Bertz CT molecular complexity index is 1200. The van der Waals surface area contributed by atoms with Crippen LogP contribution in [0.25, 0.3) is 11.3 Å². The van der Waals surface area contributed by atoms with Crippen molar-refractivity contribution in [2.45, 2.75) is 38.1 Å². The normalized spacial score (nSPS) is 13.9. The molecular formula is C23H24N2O4S. The number of rotatable bonds is 5. The number of amides is 1. The number of fused-ring (bicyclic) bond motifs is 1. The van der Waals surface area contributed by atoms with Gasteiger partial charge in [0.15, 0.2) is 15.6 Å². The molecule has 2 aromatic carbocycles. The van der Waals surface area contributed by atoms with Crippen LogP contribution in [-0.2, 0) is 27.6 Å². The van der Waals surface area contributed by atoms with Crippen molar-refractivity contribution in [1.82, 2.24) is 10.1 Å². The number of carbonyl (C=O) groups excluding carboxylic acids is 1. The van der Waals surface area contributed by atoms with E-state index < -0.39 is 9.84 Å². The summed E-state index contributed by atoms with van der Waals surface area (Å²) in [6, 6.07) is 15.0. The van der Waals surface area contributed by atoms with E-state index in [2.05, 4.69) is 11.2 Å². The summed E-state index contributed by atoms with van der Waals surface area (Å²) >= 11 is 0. The summed E-state index contributed by atoms with van der Waals surface area (Å²) in [5, 5.41) is 3.86. The average molecular weight is 425 g/mol. The van der Waals surface area contributed by atoms with Gasteiger partial charge in [0.25, 0.3) is 0 Å². The van der Waals surface area contributed by atoms with Gasteiger partial charge in [-0.1, -0.05) is 41.6 Å². The van der Waals surface area contributed by atoms with Gasteiger partial charge in [-0.25, -0.2) is 8.42 Å². The fourth-order valence-electron chi connectivity index (χ4n) is 3.79. The summed E-state index contributed by atoms with van der Waals surface area (Å²) in [6.45, 7) is 4.72. The lowest BCUT2D eigenvalue weighted by atomic mass is 10.00. The molecule has 0 saturated carbocycles. The maximum Gasteiger partial charge on any atom is 0.223 e. The van der Waals surface area contributed by atoms with E-state index in [0.717, 1.165) is 17.7 Å². The second-order valence-electron chi connectivity index (χ2n) is 7.72. The molecular weight excluding hydrogens is 400 g/mol. The quantitative estimate of drug-likeness (QED) is 0.624. The molecule has 2 heterocycles. The molecule has 0 fully saturated rings. The zero-order valence-electron chi connectivity index (χ0n) is 17.1. The molecule has 0 saturated heterocycles. The standard InChI is InChI=1S/C23H24N2O4S/c1-16-7-8-19(21-13-17(2)24-29-21)14-22(16)30(27,28)12-10-23(26)25-11-9-18-5-3-4-6-20(18)15-25/h3-8,13-14H,9-12,15H2,1-2H3. The van der Waals surface area contributed by atoms with Crippen molar-refractivity contribution in [3.8, 4) is 11.3 Å². The van der Waals surface area contributed by atoms with E-state index in [0.29, 0.717) is 30.0 Å². The van der Waals surface area contributed by atoms with Crippen molar-refractivity contribution in [1.29, 1.82) is 0 Å². The van der Waals surface area contributed by atoms with E-state index in [1.54, 1.807) is 30.0 Å². The second kappa shape index (κ2) is 8.07. The maximum absolute atomic E-state index is 13.0. The van der Waals surface area contributed by atoms with Gasteiger partial charge in [-0.2, -0.15) is 0 Å². The van der Waals surface area contributed by atoms with Crippen molar-refractivity contribution in [2.24, 2.45) is 0 Å². The Morgan fingerprint density at radius 3 is 2.60 bits per heavy atom. The van der Waals surface area contributed by atoms with E-state index in [4.69, 9.17) is 4.52 Å². The molecule has 0 atom stereocenters. The number of aryl methyl sites for hydroxylation is 2. The molecule has 0 aliphatic carbocycles. The number of hydrogen-bond donors (Lipinski definition) is 0. The van der Waals surface area contributed by atoms with Crippen LogP contribution in [0.15, 0.2) is 57.9 Å². The zero-order valence-corrected chi connectivity index (χ0v) is 17.9. The van der Waals surface area contributed by atoms with Crippen LogP contribution in [0.4, 0.5) is 0 Å². The van der Waals surface area contributed by atoms with Crippen LogP contribution >= 0.6 is 0 Å². The van der Waals surface area contributed by atoms with Gasteiger partial charge in [0.2, 0.25) is 5.91 Å². The number of benzene rings is 2. The Morgan fingerprint density at radius 1 is 1.10 bits per heavy atom. The molecule has 0 bridgehead atoms. The van der Waals surface area contributed by atoms with Crippen molar-refractivity contribution >= 4 is 15.7 Å². The molecule has 30 heavy (non-hydrogen) atoms. The highest BCUT2D eigenvalue weighted by Gasteiger charge is 2.24. The number of sulfone groups is 1. The van der Waals surface area contributed by atoms with Crippen LogP contribution in [0.5, 0.6) is 0 Å². The van der Waals surface area contributed by atoms with Gasteiger partial charge in [-0.05, 0) is 43.0 Å². The smallest absolute Gasteiger partial charge is 0.223 e. The average Bonchev–Trinajstić information content (AvgIpc) is 3.18. The summed E-state index contributed by atoms with van der Waals surface area (Å²) in [5.74, 6) is 0.170. The van der Waals surface area contributed by atoms with Crippen molar-refractivity contribution in [3.63, 3.8) is 0 Å². The van der Waals surface area contributed by atoms with E-state index in [-0.39, 0.29) is 23.0 Å². The molecule has 0 unspecified atom stereocenters. The van der Waals surface area contributed by atoms with E-state index in [1.165, 1.54) is 5.56 Å². The summed E-state index contributed by atoms with van der Waals surface area (Å²) in [7, 11) is -3.62. The summed E-state index contributed by atoms with van der Waals surface area (Å²) in [4.78, 5) is 14.7. The van der Waals surface area contributed by atoms with Gasteiger partial charge in [-0.15, -0.1) is 0 Å². The topological polar surface area (TPSA) is 80.5 Å². The first kappa shape index (κ1) is 20.3. The fraction of sp³-hybridized carbons (Fsp3) is 0.304. The van der Waals surface area contributed by atoms with Crippen LogP contribution in [0.3, 0.4) is 0 Å². The lowest BCUT2D eigenvalue weighted by Gasteiger charge is -2.29. The first-order valence-electron chi connectivity index (χ1n) is 9.95. The highest BCUT2D eigenvalue weighted by Crippen LogP contribution is 2.27. The highest BCUT2D eigenvalue weighted by molar-refractivity contribution is 7.91. The lowest BCUT2D eigenvalue weighted by molar-refractivity contribution is -0.131. The maximum atomic E-state index is 13.0. The number of nitrogens with zero attached hydrogens (tertiary/aromatic N) is 2. The predicted molar refractivity (Wildman–Crippen MR) is 114 cm³/mol. The van der Waals surface area contributed by atoms with Gasteiger partial charge in [0, 0.05) is 31.1 Å². The number of carbonyl (C=O) groups is 1. The van der Waals surface area contributed by atoms with Crippen LogP contribution in [0.1, 0.15) is 28.8 Å². The minimum Gasteiger partial charge on any atom is -0.356 e. The Kier molecular flexibility index (Phi) is 5.47. The first-order chi connectivity index (χ1) is 14.3. The minimum absolute atomic E-state index is 0.0322. The summed E-state index contributed by atoms with van der Waals surface area (Å²) in [5.41, 5.74) is 4.41.